The van der Waals surface area contributed by atoms with Crippen molar-refractivity contribution in [2.24, 2.45) is 23.7 Å². The van der Waals surface area contributed by atoms with Crippen molar-refractivity contribution in [3.8, 4) is 0 Å². The predicted octanol–water partition coefficient (Wildman–Crippen LogP) is 21.3. The smallest absolute Gasteiger partial charge is 0.462 e. The Balaban J connectivity index is 5.14. The number of phosphoric ester groups is 2. The maximum atomic E-state index is 13.0. The second-order valence-electron chi connectivity index (χ2n) is 28.1. The van der Waals surface area contributed by atoms with E-state index < -0.39 is 97.5 Å². The van der Waals surface area contributed by atoms with Crippen LogP contribution < -0.4 is 0 Å². The molecule has 0 saturated heterocycles. The van der Waals surface area contributed by atoms with E-state index in [9.17, 15) is 43.2 Å². The summed E-state index contributed by atoms with van der Waals surface area (Å²) in [6, 6.07) is 0. The van der Waals surface area contributed by atoms with Gasteiger partial charge in [0, 0.05) is 25.7 Å². The number of aliphatic hydroxyl groups is 1. The van der Waals surface area contributed by atoms with Gasteiger partial charge in [-0.3, -0.25) is 37.3 Å². The van der Waals surface area contributed by atoms with Gasteiger partial charge in [-0.2, -0.15) is 0 Å². The molecular weight excluding hydrogens is 1220 g/mol. The summed E-state index contributed by atoms with van der Waals surface area (Å²) < 4.78 is 68.3. The van der Waals surface area contributed by atoms with Crippen LogP contribution in [0.2, 0.25) is 0 Å². The SMILES string of the molecule is CCC(C)CCCCCCCCCCCCCCCCCCCCC(=O)O[C@H](COC(=O)CCCCCCCCC(C)C)COP(=O)(O)OC[C@H](O)COP(=O)(O)OC[C@@H](COC(=O)CCCCCCCCCCCC(C)C)OC(=O)CCCCCCCCC(C)CC. The number of carbonyl (C=O) groups is 4. The van der Waals surface area contributed by atoms with Crippen LogP contribution in [0.25, 0.3) is 0 Å². The number of aliphatic hydroxyl groups excluding tert-OH is 1. The number of ether oxygens (including phenoxy) is 4. The summed E-state index contributed by atoms with van der Waals surface area (Å²) in [4.78, 5) is 72.6. The average Bonchev–Trinajstić information content (AvgIpc) is 2.71. The number of phosphoric acid groups is 2. The van der Waals surface area contributed by atoms with Gasteiger partial charge >= 0.3 is 39.5 Å². The molecule has 0 aliphatic carbocycles. The molecule has 0 aliphatic rings. The van der Waals surface area contributed by atoms with Gasteiger partial charge in [-0.15, -0.1) is 0 Å². The monoisotopic (exact) mass is 1370 g/mol. The van der Waals surface area contributed by atoms with Crippen molar-refractivity contribution in [2.75, 3.05) is 39.6 Å². The number of hydrogen-bond acceptors (Lipinski definition) is 15. The molecular formula is C74H144O17P2. The maximum absolute atomic E-state index is 13.0. The van der Waals surface area contributed by atoms with Crippen molar-refractivity contribution < 1.29 is 80.2 Å². The van der Waals surface area contributed by atoms with Gasteiger partial charge in [0.25, 0.3) is 0 Å². The third kappa shape index (κ3) is 65.8. The number of esters is 4. The molecule has 7 atom stereocenters. The topological polar surface area (TPSA) is 237 Å². The minimum absolute atomic E-state index is 0.102. The minimum Gasteiger partial charge on any atom is -0.462 e. The van der Waals surface area contributed by atoms with Crippen molar-refractivity contribution >= 4 is 39.5 Å². The lowest BCUT2D eigenvalue weighted by Crippen LogP contribution is -2.30. The van der Waals surface area contributed by atoms with Crippen LogP contribution in [0.4, 0.5) is 0 Å². The summed E-state index contributed by atoms with van der Waals surface area (Å²) in [5.74, 6) is 0.884. The molecule has 0 bridgehead atoms. The Bertz CT molecular complexity index is 1840. The van der Waals surface area contributed by atoms with E-state index >= 15 is 0 Å². The standard InChI is InChI=1S/C74H144O17P2/c1-9-66(7)52-44-36-27-23-19-17-15-13-11-12-14-16-18-20-24-29-40-48-56-73(78)90-69(61-85-72(77)55-47-39-32-30-35-43-51-65(5)6)62-88-92(80,81)86-58-68(75)59-87-93(82,83)89-63-70(91-74(79)57-49-41-33-31-37-45-53-67(8)10-2)60-84-71(76)54-46-38-28-25-21-22-26-34-42-50-64(3)4/h64-70,75H,9-63H2,1-8H3,(H,80,81)(H,82,83)/t66?,67?,68-,69+,70+/m0/s1. The number of hydrogen-bond donors (Lipinski definition) is 3. The Morgan fingerprint density at radius 1 is 0.301 bits per heavy atom. The van der Waals surface area contributed by atoms with E-state index in [4.69, 9.17) is 37.0 Å². The summed E-state index contributed by atoms with van der Waals surface area (Å²) in [5.41, 5.74) is 0. The van der Waals surface area contributed by atoms with E-state index in [-0.39, 0.29) is 25.7 Å². The molecule has 0 spiro atoms. The highest BCUT2D eigenvalue weighted by Gasteiger charge is 2.30. The van der Waals surface area contributed by atoms with E-state index in [0.29, 0.717) is 31.6 Å². The molecule has 3 N–H and O–H groups in total. The molecule has 4 unspecified atom stereocenters. The molecule has 93 heavy (non-hydrogen) atoms. The minimum atomic E-state index is -4.95. The Morgan fingerprint density at radius 2 is 0.516 bits per heavy atom. The molecule has 0 amide bonds. The molecule has 0 fully saturated rings. The third-order valence-electron chi connectivity index (χ3n) is 17.8. The quantitative estimate of drug-likeness (QED) is 0.0222. The van der Waals surface area contributed by atoms with Crippen LogP contribution >= 0.6 is 15.6 Å². The van der Waals surface area contributed by atoms with Crippen molar-refractivity contribution in [1.29, 1.82) is 0 Å². The zero-order valence-corrected chi connectivity index (χ0v) is 62.7. The van der Waals surface area contributed by atoms with E-state index in [1.807, 2.05) is 0 Å². The highest BCUT2D eigenvalue weighted by Crippen LogP contribution is 2.45. The van der Waals surface area contributed by atoms with Gasteiger partial charge < -0.3 is 33.8 Å². The zero-order valence-electron chi connectivity index (χ0n) is 60.9. The Morgan fingerprint density at radius 3 is 0.763 bits per heavy atom. The molecule has 17 nitrogen and oxygen atoms in total. The average molecular weight is 1370 g/mol. The fourth-order valence-electron chi connectivity index (χ4n) is 11.1. The van der Waals surface area contributed by atoms with Crippen LogP contribution in [-0.4, -0.2) is 96.7 Å². The Kier molecular flexibility index (Phi) is 62.2. The molecule has 19 heteroatoms. The molecule has 0 heterocycles. The maximum Gasteiger partial charge on any atom is 0.472 e. The molecule has 0 saturated carbocycles. The predicted molar refractivity (Wildman–Crippen MR) is 377 cm³/mol. The number of rotatable bonds is 71. The molecule has 0 radical (unpaired) electrons. The lowest BCUT2D eigenvalue weighted by Gasteiger charge is -2.21. The van der Waals surface area contributed by atoms with Crippen LogP contribution in [0.15, 0.2) is 0 Å². The molecule has 0 aromatic carbocycles. The summed E-state index contributed by atoms with van der Waals surface area (Å²) in [6.45, 7) is 14.1. The van der Waals surface area contributed by atoms with Gasteiger partial charge in [-0.25, -0.2) is 9.13 Å². The molecule has 0 aliphatic heterocycles. The van der Waals surface area contributed by atoms with Crippen molar-refractivity contribution in [1.82, 2.24) is 0 Å². The molecule has 552 valence electrons. The normalized spacial score (nSPS) is 14.8. The fraction of sp³-hybridized carbons (Fsp3) is 0.946. The van der Waals surface area contributed by atoms with Crippen LogP contribution in [0.3, 0.4) is 0 Å². The van der Waals surface area contributed by atoms with Gasteiger partial charge in [0.15, 0.2) is 12.2 Å². The van der Waals surface area contributed by atoms with Gasteiger partial charge in [-0.05, 0) is 49.4 Å². The molecule has 0 rings (SSSR count). The van der Waals surface area contributed by atoms with Crippen LogP contribution in [0.1, 0.15) is 370 Å². The highest BCUT2D eigenvalue weighted by molar-refractivity contribution is 7.47. The number of carbonyl (C=O) groups excluding carboxylic acids is 4. The first-order valence-electron chi connectivity index (χ1n) is 38.3. The summed E-state index contributed by atoms with van der Waals surface area (Å²) in [6.07, 6.45) is 47.5. The first-order chi connectivity index (χ1) is 44.7. The van der Waals surface area contributed by atoms with Gasteiger partial charge in [-0.1, -0.05) is 319 Å². The fourth-order valence-corrected chi connectivity index (χ4v) is 12.7. The largest absolute Gasteiger partial charge is 0.472 e. The lowest BCUT2D eigenvalue weighted by molar-refractivity contribution is -0.161. The zero-order chi connectivity index (χ0) is 68.9. The van der Waals surface area contributed by atoms with Gasteiger partial charge in [0.1, 0.15) is 19.3 Å². The second kappa shape index (κ2) is 63.5. The van der Waals surface area contributed by atoms with Crippen LogP contribution in [-0.2, 0) is 65.4 Å². The van der Waals surface area contributed by atoms with E-state index in [1.165, 1.54) is 167 Å². The van der Waals surface area contributed by atoms with Crippen molar-refractivity contribution in [2.45, 2.75) is 388 Å². The summed E-state index contributed by atoms with van der Waals surface area (Å²) in [5, 5.41) is 10.6. The Hall–Kier alpha value is -1.94. The van der Waals surface area contributed by atoms with Crippen LogP contribution in [0, 0.1) is 23.7 Å². The lowest BCUT2D eigenvalue weighted by atomic mass is 9.99. The van der Waals surface area contributed by atoms with Crippen LogP contribution in [0.5, 0.6) is 0 Å². The van der Waals surface area contributed by atoms with E-state index in [1.54, 1.807) is 0 Å². The first-order valence-corrected chi connectivity index (χ1v) is 41.3. The summed E-state index contributed by atoms with van der Waals surface area (Å²) in [7, 11) is -9.91. The van der Waals surface area contributed by atoms with E-state index in [0.717, 1.165) is 114 Å². The first kappa shape index (κ1) is 91.1. The van der Waals surface area contributed by atoms with E-state index in [2.05, 4.69) is 55.4 Å². The summed E-state index contributed by atoms with van der Waals surface area (Å²) >= 11 is 0. The Labute approximate surface area is 568 Å². The number of unbranched alkanes of at least 4 members (excludes halogenated alkanes) is 35. The third-order valence-corrected chi connectivity index (χ3v) is 19.7. The van der Waals surface area contributed by atoms with Gasteiger partial charge in [0.2, 0.25) is 0 Å². The molecule has 0 aromatic rings. The van der Waals surface area contributed by atoms with Crippen molar-refractivity contribution in [3.63, 3.8) is 0 Å². The second-order valence-corrected chi connectivity index (χ2v) is 31.0. The van der Waals surface area contributed by atoms with Crippen molar-refractivity contribution in [3.05, 3.63) is 0 Å². The highest BCUT2D eigenvalue weighted by atomic mass is 31.2. The molecule has 0 aromatic heterocycles. The van der Waals surface area contributed by atoms with Gasteiger partial charge in [0.05, 0.1) is 26.4 Å².